The highest BCUT2D eigenvalue weighted by Gasteiger charge is 2.53. The third-order valence-corrected chi connectivity index (χ3v) is 5.52. The van der Waals surface area contributed by atoms with Gasteiger partial charge < -0.3 is 29.9 Å². The SMILES string of the molecule is C=C[C@]1(C)C[C@H](OC(=O)C(=C)[C@H](O)CO)[C@@H](C(=C)C(=O)OC)[C@H](O)[C@@H]1C(=C)CO. The minimum Gasteiger partial charge on any atom is -0.466 e. The Hall–Kier alpha value is -2.26. The van der Waals surface area contributed by atoms with E-state index in [-0.39, 0.29) is 17.6 Å². The van der Waals surface area contributed by atoms with Gasteiger partial charge in [-0.2, -0.15) is 0 Å². The van der Waals surface area contributed by atoms with Crippen LogP contribution in [0.3, 0.4) is 0 Å². The van der Waals surface area contributed by atoms with E-state index in [1.807, 2.05) is 0 Å². The van der Waals surface area contributed by atoms with Gasteiger partial charge in [0.2, 0.25) is 0 Å². The quantitative estimate of drug-likeness (QED) is 0.242. The van der Waals surface area contributed by atoms with Crippen LogP contribution in [0, 0.1) is 17.3 Å². The van der Waals surface area contributed by atoms with Gasteiger partial charge in [-0.1, -0.05) is 32.7 Å². The van der Waals surface area contributed by atoms with Crippen molar-refractivity contribution in [2.24, 2.45) is 17.3 Å². The zero-order valence-corrected chi connectivity index (χ0v) is 16.8. The van der Waals surface area contributed by atoms with Crippen molar-refractivity contribution in [3.05, 3.63) is 49.1 Å². The van der Waals surface area contributed by atoms with Crippen LogP contribution in [-0.2, 0) is 19.1 Å². The van der Waals surface area contributed by atoms with Crippen LogP contribution in [0.1, 0.15) is 13.3 Å². The van der Waals surface area contributed by atoms with Crippen molar-refractivity contribution in [1.82, 2.24) is 0 Å². The summed E-state index contributed by atoms with van der Waals surface area (Å²) in [5.74, 6) is -3.54. The van der Waals surface area contributed by atoms with E-state index < -0.39 is 60.7 Å². The van der Waals surface area contributed by atoms with Crippen molar-refractivity contribution in [2.75, 3.05) is 20.3 Å². The van der Waals surface area contributed by atoms with Crippen LogP contribution in [0.5, 0.6) is 0 Å². The van der Waals surface area contributed by atoms with Crippen molar-refractivity contribution in [3.8, 4) is 0 Å². The molecule has 0 heterocycles. The Bertz CT molecular complexity index is 697. The van der Waals surface area contributed by atoms with E-state index in [9.17, 15) is 24.9 Å². The molecular formula is C21H30O8. The summed E-state index contributed by atoms with van der Waals surface area (Å²) in [6.45, 7) is 15.3. The maximum atomic E-state index is 12.4. The second-order valence-corrected chi connectivity index (χ2v) is 7.41. The van der Waals surface area contributed by atoms with Crippen molar-refractivity contribution in [1.29, 1.82) is 0 Å². The van der Waals surface area contributed by atoms with Crippen LogP contribution in [0.25, 0.3) is 0 Å². The van der Waals surface area contributed by atoms with Gasteiger partial charge in [0.15, 0.2) is 0 Å². The predicted octanol–water partition coefficient (Wildman–Crippen LogP) is 0.275. The molecule has 0 saturated heterocycles. The summed E-state index contributed by atoms with van der Waals surface area (Å²) in [6.07, 6.45) is -2.17. The monoisotopic (exact) mass is 410 g/mol. The highest BCUT2D eigenvalue weighted by atomic mass is 16.5. The van der Waals surface area contributed by atoms with Gasteiger partial charge in [-0.05, 0) is 17.4 Å². The van der Waals surface area contributed by atoms with Gasteiger partial charge >= 0.3 is 11.9 Å². The van der Waals surface area contributed by atoms with Crippen LogP contribution >= 0.6 is 0 Å². The number of carbonyl (C=O) groups excluding carboxylic acids is 2. The molecule has 0 aromatic rings. The molecule has 0 aromatic carbocycles. The van der Waals surface area contributed by atoms with E-state index in [1.165, 1.54) is 0 Å². The maximum Gasteiger partial charge on any atom is 0.336 e. The normalized spacial score (nSPS) is 30.0. The number of hydrogen-bond acceptors (Lipinski definition) is 8. The van der Waals surface area contributed by atoms with Crippen LogP contribution in [-0.4, -0.2) is 71.0 Å². The van der Waals surface area contributed by atoms with Crippen molar-refractivity contribution < 1.29 is 39.5 Å². The van der Waals surface area contributed by atoms with Crippen LogP contribution < -0.4 is 0 Å². The Morgan fingerprint density at radius 3 is 2.28 bits per heavy atom. The number of aliphatic hydroxyl groups excluding tert-OH is 4. The predicted molar refractivity (Wildman–Crippen MR) is 105 cm³/mol. The zero-order chi connectivity index (χ0) is 22.5. The smallest absolute Gasteiger partial charge is 0.336 e. The maximum absolute atomic E-state index is 12.4. The molecule has 162 valence electrons. The molecule has 1 saturated carbocycles. The lowest BCUT2D eigenvalue weighted by atomic mass is 9.58. The molecule has 8 nitrogen and oxygen atoms in total. The van der Waals surface area contributed by atoms with E-state index in [1.54, 1.807) is 13.0 Å². The number of rotatable bonds is 9. The molecule has 0 aromatic heterocycles. The molecule has 0 radical (unpaired) electrons. The Balaban J connectivity index is 3.38. The molecule has 6 atom stereocenters. The minimum atomic E-state index is -1.51. The first kappa shape index (κ1) is 24.8. The second-order valence-electron chi connectivity index (χ2n) is 7.41. The fourth-order valence-corrected chi connectivity index (χ4v) is 3.79. The summed E-state index contributed by atoms with van der Waals surface area (Å²) in [7, 11) is 1.15. The van der Waals surface area contributed by atoms with E-state index in [0.717, 1.165) is 7.11 Å². The Labute approximate surface area is 170 Å². The van der Waals surface area contributed by atoms with Crippen molar-refractivity contribution >= 4 is 11.9 Å². The molecule has 4 N–H and O–H groups in total. The van der Waals surface area contributed by atoms with Gasteiger partial charge in [-0.15, -0.1) is 6.58 Å². The molecule has 0 spiro atoms. The summed E-state index contributed by atoms with van der Waals surface area (Å²) >= 11 is 0. The van der Waals surface area contributed by atoms with Gasteiger partial charge in [-0.25, -0.2) is 9.59 Å². The third-order valence-electron chi connectivity index (χ3n) is 5.52. The lowest BCUT2D eigenvalue weighted by Gasteiger charge is -2.50. The first-order chi connectivity index (χ1) is 13.5. The molecule has 0 unspecified atom stereocenters. The minimum absolute atomic E-state index is 0.117. The first-order valence-corrected chi connectivity index (χ1v) is 9.05. The zero-order valence-electron chi connectivity index (χ0n) is 16.8. The van der Waals surface area contributed by atoms with Gasteiger partial charge in [0.25, 0.3) is 0 Å². The number of carbonyl (C=O) groups is 2. The Morgan fingerprint density at radius 1 is 1.24 bits per heavy atom. The summed E-state index contributed by atoms with van der Waals surface area (Å²) < 4.78 is 10.2. The van der Waals surface area contributed by atoms with Gasteiger partial charge in [-0.3, -0.25) is 0 Å². The highest BCUT2D eigenvalue weighted by molar-refractivity contribution is 5.90. The average molecular weight is 410 g/mol. The number of hydrogen-bond donors (Lipinski definition) is 4. The highest BCUT2D eigenvalue weighted by Crippen LogP contribution is 2.50. The van der Waals surface area contributed by atoms with E-state index >= 15 is 0 Å². The fourth-order valence-electron chi connectivity index (χ4n) is 3.79. The van der Waals surface area contributed by atoms with E-state index in [0.29, 0.717) is 5.57 Å². The lowest BCUT2D eigenvalue weighted by molar-refractivity contribution is -0.162. The number of aliphatic hydroxyl groups is 4. The summed E-state index contributed by atoms with van der Waals surface area (Å²) in [6, 6.07) is 0. The standard InChI is InChI=1S/C21H30O8/c1-7-21(5)8-15(29-20(27)12(3)14(24)10-23)16(13(4)19(26)28-6)18(25)17(21)11(2)9-22/h7,14-18,22-25H,1-4,8-10H2,5-6H3/t14-,15+,16-,17+,18+,21-/m1/s1. The number of methoxy groups -OCH3 is 1. The molecule has 1 rings (SSSR count). The van der Waals surface area contributed by atoms with Gasteiger partial charge in [0.05, 0.1) is 37.9 Å². The summed E-state index contributed by atoms with van der Waals surface area (Å²) in [4.78, 5) is 24.5. The lowest BCUT2D eigenvalue weighted by Crippen LogP contribution is -2.54. The number of ether oxygens (including phenoxy) is 2. The second kappa shape index (κ2) is 9.98. The van der Waals surface area contributed by atoms with Crippen LogP contribution in [0.4, 0.5) is 0 Å². The molecule has 1 fully saturated rings. The van der Waals surface area contributed by atoms with Crippen LogP contribution in [0.2, 0.25) is 0 Å². The topological polar surface area (TPSA) is 134 Å². The van der Waals surface area contributed by atoms with E-state index in [4.69, 9.17) is 14.6 Å². The molecule has 29 heavy (non-hydrogen) atoms. The third kappa shape index (κ3) is 5.02. The molecule has 8 heteroatoms. The summed E-state index contributed by atoms with van der Waals surface area (Å²) in [5, 5.41) is 39.3. The first-order valence-electron chi connectivity index (χ1n) is 9.05. The van der Waals surface area contributed by atoms with Crippen molar-refractivity contribution in [3.63, 3.8) is 0 Å². The molecule has 0 aliphatic heterocycles. The van der Waals surface area contributed by atoms with E-state index in [2.05, 4.69) is 26.3 Å². The molecule has 0 bridgehead atoms. The fraction of sp³-hybridized carbons (Fsp3) is 0.524. The van der Waals surface area contributed by atoms with Crippen LogP contribution in [0.15, 0.2) is 49.1 Å². The molecule has 1 aliphatic rings. The molecule has 0 amide bonds. The van der Waals surface area contributed by atoms with Gasteiger partial charge in [0.1, 0.15) is 12.2 Å². The molecule has 1 aliphatic carbocycles. The van der Waals surface area contributed by atoms with Gasteiger partial charge in [0, 0.05) is 11.5 Å². The Morgan fingerprint density at radius 2 is 1.83 bits per heavy atom. The number of esters is 2. The Kier molecular flexibility index (Phi) is 8.52. The average Bonchev–Trinajstić information content (AvgIpc) is 2.70. The summed E-state index contributed by atoms with van der Waals surface area (Å²) in [5.41, 5.74) is -0.999. The molecular weight excluding hydrogens is 380 g/mol. The number of allylic oxidation sites excluding steroid dienone is 1. The largest absolute Gasteiger partial charge is 0.466 e. The van der Waals surface area contributed by atoms with Crippen molar-refractivity contribution in [2.45, 2.75) is 31.7 Å².